The molecule has 0 radical (unpaired) electrons. The Morgan fingerprint density at radius 3 is 2.69 bits per heavy atom. The summed E-state index contributed by atoms with van der Waals surface area (Å²) in [5.41, 5.74) is 6.82. The van der Waals surface area contributed by atoms with Gasteiger partial charge in [0.1, 0.15) is 0 Å². The Labute approximate surface area is 96.2 Å². The molecule has 1 aromatic rings. The smallest absolute Gasteiger partial charge is 0.239 e. The molecule has 0 fully saturated rings. The van der Waals surface area contributed by atoms with Crippen LogP contribution in [0, 0.1) is 5.92 Å². The van der Waals surface area contributed by atoms with Gasteiger partial charge < -0.3 is 10.6 Å². The molecule has 0 aliphatic rings. The highest BCUT2D eigenvalue weighted by Gasteiger charge is 2.21. The maximum Gasteiger partial charge on any atom is 0.239 e. The zero-order valence-corrected chi connectivity index (χ0v) is 10.3. The molecule has 0 saturated carbocycles. The monoisotopic (exact) mass is 224 g/mol. The second kappa shape index (κ2) is 5.12. The van der Waals surface area contributed by atoms with Crippen LogP contribution in [0.25, 0.3) is 0 Å². The Bertz CT molecular complexity index is 359. The second-order valence-corrected chi connectivity index (χ2v) is 4.49. The normalized spacial score (nSPS) is 12.9. The molecule has 0 unspecified atom stereocenters. The van der Waals surface area contributed by atoms with Gasteiger partial charge in [0.05, 0.1) is 12.2 Å². The minimum Gasteiger partial charge on any atom is -0.340 e. The Hall–Kier alpha value is -1.36. The van der Waals surface area contributed by atoms with Crippen LogP contribution < -0.4 is 5.73 Å². The molecular formula is C11H20N4O. The topological polar surface area (TPSA) is 64.2 Å². The largest absolute Gasteiger partial charge is 0.340 e. The molecule has 5 heteroatoms. The van der Waals surface area contributed by atoms with E-state index in [1.165, 1.54) is 0 Å². The molecule has 1 atom stereocenters. The zero-order valence-electron chi connectivity index (χ0n) is 10.3. The lowest BCUT2D eigenvalue weighted by Crippen LogP contribution is -2.44. The molecule has 0 saturated heterocycles. The van der Waals surface area contributed by atoms with Crippen LogP contribution in [-0.4, -0.2) is 33.7 Å². The summed E-state index contributed by atoms with van der Waals surface area (Å²) in [7, 11) is 3.61. The van der Waals surface area contributed by atoms with Crippen LogP contribution in [0.4, 0.5) is 0 Å². The third kappa shape index (κ3) is 3.06. The fourth-order valence-corrected chi connectivity index (χ4v) is 1.44. The van der Waals surface area contributed by atoms with Gasteiger partial charge in [0.15, 0.2) is 0 Å². The molecule has 16 heavy (non-hydrogen) atoms. The van der Waals surface area contributed by atoms with Crippen LogP contribution in [0.2, 0.25) is 0 Å². The predicted molar refractivity (Wildman–Crippen MR) is 62.5 cm³/mol. The Morgan fingerprint density at radius 1 is 1.62 bits per heavy atom. The molecule has 5 nitrogen and oxygen atoms in total. The van der Waals surface area contributed by atoms with Crippen molar-refractivity contribution in [2.45, 2.75) is 26.4 Å². The molecule has 1 aromatic heterocycles. The first kappa shape index (κ1) is 12.7. The van der Waals surface area contributed by atoms with E-state index in [9.17, 15) is 4.79 Å². The van der Waals surface area contributed by atoms with Crippen LogP contribution in [0.15, 0.2) is 12.4 Å². The lowest BCUT2D eigenvalue weighted by Gasteiger charge is -2.22. The van der Waals surface area contributed by atoms with Crippen molar-refractivity contribution in [1.29, 1.82) is 0 Å². The first-order valence-corrected chi connectivity index (χ1v) is 5.40. The molecular weight excluding hydrogens is 204 g/mol. The zero-order chi connectivity index (χ0) is 12.3. The van der Waals surface area contributed by atoms with Gasteiger partial charge in [-0.15, -0.1) is 0 Å². The first-order valence-electron chi connectivity index (χ1n) is 5.40. The quantitative estimate of drug-likeness (QED) is 0.803. The summed E-state index contributed by atoms with van der Waals surface area (Å²) >= 11 is 0. The van der Waals surface area contributed by atoms with E-state index in [1.54, 1.807) is 22.8 Å². The summed E-state index contributed by atoms with van der Waals surface area (Å²) in [5, 5.41) is 4.06. The summed E-state index contributed by atoms with van der Waals surface area (Å²) in [6.07, 6.45) is 3.65. The molecule has 0 spiro atoms. The average Bonchev–Trinajstić information content (AvgIpc) is 2.61. The van der Waals surface area contributed by atoms with Crippen molar-refractivity contribution in [1.82, 2.24) is 14.7 Å². The fraction of sp³-hybridized carbons (Fsp3) is 0.636. The van der Waals surface area contributed by atoms with Gasteiger partial charge in [0, 0.05) is 32.4 Å². The Kier molecular flexibility index (Phi) is 4.06. The maximum atomic E-state index is 11.9. The van der Waals surface area contributed by atoms with E-state index >= 15 is 0 Å². The second-order valence-electron chi connectivity index (χ2n) is 4.49. The SMILES string of the molecule is CC(C)[C@@H](N)C(=O)N(C)Cc1cnn(C)c1. The van der Waals surface area contributed by atoms with E-state index < -0.39 is 6.04 Å². The number of aryl methyl sites for hydroxylation is 1. The Balaban J connectivity index is 2.58. The number of hydrogen-bond acceptors (Lipinski definition) is 3. The maximum absolute atomic E-state index is 11.9. The van der Waals surface area contributed by atoms with Gasteiger partial charge in [-0.1, -0.05) is 13.8 Å². The first-order chi connectivity index (χ1) is 7.41. The number of carbonyl (C=O) groups excluding carboxylic acids is 1. The van der Waals surface area contributed by atoms with Crippen LogP contribution in [-0.2, 0) is 18.4 Å². The molecule has 0 bridgehead atoms. The van der Waals surface area contributed by atoms with Gasteiger partial charge in [0.2, 0.25) is 5.91 Å². The van der Waals surface area contributed by atoms with Gasteiger partial charge >= 0.3 is 0 Å². The van der Waals surface area contributed by atoms with Crippen molar-refractivity contribution in [3.63, 3.8) is 0 Å². The van der Waals surface area contributed by atoms with Gasteiger partial charge in [-0.2, -0.15) is 5.10 Å². The van der Waals surface area contributed by atoms with E-state index in [-0.39, 0.29) is 11.8 Å². The van der Waals surface area contributed by atoms with Gasteiger partial charge in [-0.3, -0.25) is 9.48 Å². The number of hydrogen-bond donors (Lipinski definition) is 1. The number of nitrogens with two attached hydrogens (primary N) is 1. The number of likely N-dealkylation sites (N-methyl/N-ethyl adjacent to an activating group) is 1. The van der Waals surface area contributed by atoms with Crippen molar-refractivity contribution >= 4 is 5.91 Å². The highest BCUT2D eigenvalue weighted by atomic mass is 16.2. The number of rotatable bonds is 4. The van der Waals surface area contributed by atoms with Crippen LogP contribution >= 0.6 is 0 Å². The van der Waals surface area contributed by atoms with E-state index in [4.69, 9.17) is 5.73 Å². The third-order valence-electron chi connectivity index (χ3n) is 2.56. The molecule has 1 amide bonds. The van der Waals surface area contributed by atoms with Crippen molar-refractivity contribution < 1.29 is 4.79 Å². The van der Waals surface area contributed by atoms with Gasteiger partial charge in [0.25, 0.3) is 0 Å². The van der Waals surface area contributed by atoms with Crippen molar-refractivity contribution in [2.24, 2.45) is 18.7 Å². The molecule has 2 N–H and O–H groups in total. The van der Waals surface area contributed by atoms with E-state index in [0.29, 0.717) is 6.54 Å². The van der Waals surface area contributed by atoms with Gasteiger partial charge in [-0.25, -0.2) is 0 Å². The fourth-order valence-electron chi connectivity index (χ4n) is 1.44. The summed E-state index contributed by atoms with van der Waals surface area (Å²) in [5.74, 6) is 0.128. The highest BCUT2D eigenvalue weighted by Crippen LogP contribution is 2.06. The lowest BCUT2D eigenvalue weighted by atomic mass is 10.0. The number of amides is 1. The van der Waals surface area contributed by atoms with E-state index in [1.807, 2.05) is 27.1 Å². The molecule has 1 heterocycles. The highest BCUT2D eigenvalue weighted by molar-refractivity contribution is 5.81. The number of carbonyl (C=O) groups is 1. The number of aromatic nitrogens is 2. The summed E-state index contributed by atoms with van der Waals surface area (Å²) in [4.78, 5) is 13.5. The van der Waals surface area contributed by atoms with Crippen molar-refractivity contribution in [2.75, 3.05) is 7.05 Å². The van der Waals surface area contributed by atoms with Crippen molar-refractivity contribution in [3.8, 4) is 0 Å². The predicted octanol–water partition coefficient (Wildman–Crippen LogP) is 0.362. The van der Waals surface area contributed by atoms with E-state index in [2.05, 4.69) is 5.10 Å². The minimum absolute atomic E-state index is 0.0288. The summed E-state index contributed by atoms with van der Waals surface area (Å²) in [6, 6.07) is -0.429. The number of nitrogens with zero attached hydrogens (tertiary/aromatic N) is 3. The van der Waals surface area contributed by atoms with E-state index in [0.717, 1.165) is 5.56 Å². The minimum atomic E-state index is -0.429. The standard InChI is InChI=1S/C11H20N4O/c1-8(2)10(12)11(16)14(3)6-9-5-13-15(4)7-9/h5,7-8,10H,6,12H2,1-4H3/t10-/m1/s1. The van der Waals surface area contributed by atoms with Crippen LogP contribution in [0.3, 0.4) is 0 Å². The molecule has 0 aliphatic heterocycles. The van der Waals surface area contributed by atoms with Crippen LogP contribution in [0.5, 0.6) is 0 Å². The molecule has 1 rings (SSSR count). The Morgan fingerprint density at radius 2 is 2.25 bits per heavy atom. The third-order valence-corrected chi connectivity index (χ3v) is 2.56. The molecule has 0 aromatic carbocycles. The lowest BCUT2D eigenvalue weighted by molar-refractivity contribution is -0.132. The van der Waals surface area contributed by atoms with Crippen LogP contribution in [0.1, 0.15) is 19.4 Å². The molecule has 90 valence electrons. The average molecular weight is 224 g/mol. The van der Waals surface area contributed by atoms with Gasteiger partial charge in [-0.05, 0) is 5.92 Å². The summed E-state index contributed by atoms with van der Waals surface area (Å²) in [6.45, 7) is 4.44. The summed E-state index contributed by atoms with van der Waals surface area (Å²) < 4.78 is 1.72. The molecule has 0 aliphatic carbocycles. The van der Waals surface area contributed by atoms with Crippen molar-refractivity contribution in [3.05, 3.63) is 18.0 Å².